The molecule has 3 aromatic rings. The van der Waals surface area contributed by atoms with Crippen molar-refractivity contribution in [2.45, 2.75) is 88.1 Å². The summed E-state index contributed by atoms with van der Waals surface area (Å²) in [6.07, 6.45) is 6.51. The molecule has 0 saturated heterocycles. The van der Waals surface area contributed by atoms with Crippen LogP contribution in [0, 0.1) is 0 Å². The van der Waals surface area contributed by atoms with Crippen LogP contribution in [0.5, 0.6) is 11.5 Å². The summed E-state index contributed by atoms with van der Waals surface area (Å²) in [7, 11) is 0. The van der Waals surface area contributed by atoms with Gasteiger partial charge in [0.15, 0.2) is 0 Å². The highest BCUT2D eigenvalue weighted by atomic mass is 79.9. The Bertz CT molecular complexity index is 1160. The van der Waals surface area contributed by atoms with E-state index in [9.17, 15) is 10.2 Å². The number of benzene rings is 3. The van der Waals surface area contributed by atoms with Crippen molar-refractivity contribution < 1.29 is 19.7 Å². The molecular formula is C32H36Br2O4. The minimum Gasteiger partial charge on any atom is -0.489 e. The van der Waals surface area contributed by atoms with Crippen LogP contribution in [0.2, 0.25) is 0 Å². The van der Waals surface area contributed by atoms with Crippen molar-refractivity contribution in [1.82, 2.24) is 0 Å². The third kappa shape index (κ3) is 6.14. The molecular weight excluding hydrogens is 608 g/mol. The van der Waals surface area contributed by atoms with Crippen LogP contribution in [0.25, 0.3) is 0 Å². The molecule has 0 amide bonds. The molecule has 4 unspecified atom stereocenters. The van der Waals surface area contributed by atoms with E-state index in [0.717, 1.165) is 70.1 Å². The molecule has 0 aliphatic heterocycles. The van der Waals surface area contributed by atoms with Crippen LogP contribution in [0.15, 0.2) is 75.7 Å². The van der Waals surface area contributed by atoms with Crippen molar-refractivity contribution in [2.75, 3.05) is 0 Å². The predicted molar refractivity (Wildman–Crippen MR) is 158 cm³/mol. The van der Waals surface area contributed by atoms with Crippen LogP contribution in [0.3, 0.4) is 0 Å². The van der Waals surface area contributed by atoms with Crippen molar-refractivity contribution in [1.29, 1.82) is 0 Å². The zero-order valence-corrected chi connectivity index (χ0v) is 25.0. The normalized spacial score (nSPS) is 25.4. The maximum Gasteiger partial charge on any atom is 0.133 e. The third-order valence-corrected chi connectivity index (χ3v) is 9.39. The molecule has 2 aliphatic rings. The molecule has 0 aromatic heterocycles. The highest BCUT2D eigenvalue weighted by Crippen LogP contribution is 2.44. The molecule has 5 rings (SSSR count). The molecule has 3 aromatic carbocycles. The molecule has 0 heterocycles. The SMILES string of the molecule is CC(c1ccccc1)(c1ccc(OC2CCCC(O)C2)c(Br)c1)c1ccc(OC2CCCC(O)C2)c(Br)c1. The lowest BCUT2D eigenvalue weighted by molar-refractivity contribution is 0.0528. The zero-order valence-electron chi connectivity index (χ0n) is 21.8. The van der Waals surface area contributed by atoms with Crippen LogP contribution in [0.4, 0.5) is 0 Å². The predicted octanol–water partition coefficient (Wildman–Crippen LogP) is 7.93. The Morgan fingerprint density at radius 2 is 1.13 bits per heavy atom. The second-order valence-corrected chi connectivity index (χ2v) is 12.6. The van der Waals surface area contributed by atoms with E-state index in [1.807, 2.05) is 18.2 Å². The van der Waals surface area contributed by atoms with Crippen molar-refractivity contribution in [3.63, 3.8) is 0 Å². The van der Waals surface area contributed by atoms with Gasteiger partial charge in [-0.3, -0.25) is 0 Å². The first-order valence-corrected chi connectivity index (χ1v) is 15.3. The van der Waals surface area contributed by atoms with Gasteiger partial charge >= 0.3 is 0 Å². The Morgan fingerprint density at radius 3 is 1.55 bits per heavy atom. The van der Waals surface area contributed by atoms with Crippen molar-refractivity contribution in [3.05, 3.63) is 92.4 Å². The third-order valence-electron chi connectivity index (χ3n) is 8.15. The molecule has 0 spiro atoms. The van der Waals surface area contributed by atoms with E-state index in [0.29, 0.717) is 12.8 Å². The topological polar surface area (TPSA) is 58.9 Å². The lowest BCUT2D eigenvalue weighted by Crippen LogP contribution is -2.29. The maximum atomic E-state index is 10.1. The van der Waals surface area contributed by atoms with E-state index >= 15 is 0 Å². The molecule has 2 N–H and O–H groups in total. The van der Waals surface area contributed by atoms with Gasteiger partial charge in [-0.1, -0.05) is 42.5 Å². The van der Waals surface area contributed by atoms with E-state index in [-0.39, 0.29) is 24.4 Å². The Kier molecular flexibility index (Phi) is 8.83. The number of aliphatic hydroxyl groups is 2. The van der Waals surface area contributed by atoms with E-state index in [1.54, 1.807) is 0 Å². The second kappa shape index (κ2) is 12.1. The molecule has 202 valence electrons. The minimum absolute atomic E-state index is 0.0372. The highest BCUT2D eigenvalue weighted by Gasteiger charge is 2.33. The van der Waals surface area contributed by atoms with E-state index in [1.165, 1.54) is 5.56 Å². The van der Waals surface area contributed by atoms with Gasteiger partial charge in [0.25, 0.3) is 0 Å². The summed E-state index contributed by atoms with van der Waals surface area (Å²) in [4.78, 5) is 0. The lowest BCUT2D eigenvalue weighted by atomic mass is 9.71. The molecule has 6 heteroatoms. The van der Waals surface area contributed by atoms with Crippen molar-refractivity contribution in [2.24, 2.45) is 0 Å². The minimum atomic E-state index is -0.425. The number of halogens is 2. The maximum absolute atomic E-state index is 10.1. The largest absolute Gasteiger partial charge is 0.489 e. The molecule has 0 radical (unpaired) electrons. The smallest absolute Gasteiger partial charge is 0.133 e. The second-order valence-electron chi connectivity index (χ2n) is 10.9. The summed E-state index contributed by atoms with van der Waals surface area (Å²) < 4.78 is 14.4. The summed E-state index contributed by atoms with van der Waals surface area (Å²) in [5.41, 5.74) is 3.04. The summed E-state index contributed by atoms with van der Waals surface area (Å²) in [5.74, 6) is 1.62. The number of hydrogen-bond acceptors (Lipinski definition) is 4. The Morgan fingerprint density at radius 1 is 0.658 bits per heavy atom. The van der Waals surface area contributed by atoms with Gasteiger partial charge in [-0.05, 0) is 118 Å². The van der Waals surface area contributed by atoms with Crippen LogP contribution >= 0.6 is 31.9 Å². The summed E-state index contributed by atoms with van der Waals surface area (Å²) in [6, 6.07) is 23.2. The molecule has 4 atom stereocenters. The van der Waals surface area contributed by atoms with Gasteiger partial charge in [-0.25, -0.2) is 0 Å². The molecule has 4 nitrogen and oxygen atoms in total. The van der Waals surface area contributed by atoms with E-state index in [4.69, 9.17) is 9.47 Å². The average Bonchev–Trinajstić information content (AvgIpc) is 2.91. The highest BCUT2D eigenvalue weighted by molar-refractivity contribution is 9.10. The fourth-order valence-corrected chi connectivity index (χ4v) is 6.84. The summed E-state index contributed by atoms with van der Waals surface area (Å²) in [5, 5.41) is 20.1. The fourth-order valence-electron chi connectivity index (χ4n) is 5.90. The first-order valence-electron chi connectivity index (χ1n) is 13.7. The van der Waals surface area contributed by atoms with Gasteiger partial charge in [0, 0.05) is 18.3 Å². The summed E-state index contributed by atoms with van der Waals surface area (Å²) in [6.45, 7) is 2.25. The van der Waals surface area contributed by atoms with Crippen LogP contribution in [-0.4, -0.2) is 34.6 Å². The molecule has 38 heavy (non-hydrogen) atoms. The number of aliphatic hydroxyl groups excluding tert-OH is 2. The van der Waals surface area contributed by atoms with E-state index < -0.39 is 5.41 Å². The Hall–Kier alpha value is -1.86. The fraction of sp³-hybridized carbons (Fsp3) is 0.438. The first-order chi connectivity index (χ1) is 18.3. The standard InChI is InChI=1S/C32H36Br2O4/c1-32(21-7-3-2-4-8-21,22-13-15-30(28(33)17-22)37-26-11-5-9-24(35)19-26)23-14-16-31(29(34)18-23)38-27-12-6-10-25(36)20-27/h2-4,7-8,13-18,24-27,35-36H,5-6,9-12,19-20H2,1H3. The van der Waals surface area contributed by atoms with Crippen LogP contribution in [-0.2, 0) is 5.41 Å². The average molecular weight is 644 g/mol. The van der Waals surface area contributed by atoms with Crippen LogP contribution in [0.1, 0.15) is 75.0 Å². The van der Waals surface area contributed by atoms with Gasteiger partial charge in [0.05, 0.1) is 21.2 Å². The molecule has 2 saturated carbocycles. The number of hydrogen-bond donors (Lipinski definition) is 2. The van der Waals surface area contributed by atoms with E-state index in [2.05, 4.69) is 87.3 Å². The van der Waals surface area contributed by atoms with Gasteiger partial charge in [0.2, 0.25) is 0 Å². The quantitative estimate of drug-likeness (QED) is 0.257. The van der Waals surface area contributed by atoms with Crippen molar-refractivity contribution in [3.8, 4) is 11.5 Å². The van der Waals surface area contributed by atoms with Crippen LogP contribution < -0.4 is 9.47 Å². The van der Waals surface area contributed by atoms with Gasteiger partial charge in [-0.2, -0.15) is 0 Å². The molecule has 0 bridgehead atoms. The van der Waals surface area contributed by atoms with Gasteiger partial charge in [-0.15, -0.1) is 0 Å². The first kappa shape index (κ1) is 27.7. The Labute approximate surface area is 242 Å². The Balaban J connectivity index is 1.45. The number of ether oxygens (including phenoxy) is 2. The molecule has 2 aliphatic carbocycles. The monoisotopic (exact) mass is 642 g/mol. The number of rotatable bonds is 7. The lowest BCUT2D eigenvalue weighted by Gasteiger charge is -2.33. The summed E-state index contributed by atoms with van der Waals surface area (Å²) >= 11 is 7.55. The van der Waals surface area contributed by atoms with Gasteiger partial charge in [0.1, 0.15) is 23.7 Å². The zero-order chi connectivity index (χ0) is 26.7. The van der Waals surface area contributed by atoms with Crippen molar-refractivity contribution >= 4 is 31.9 Å². The van der Waals surface area contributed by atoms with Gasteiger partial charge < -0.3 is 19.7 Å². The molecule has 2 fully saturated rings.